The van der Waals surface area contributed by atoms with Crippen LogP contribution in [0.1, 0.15) is 61.1 Å². The van der Waals surface area contributed by atoms with Gasteiger partial charge in [-0.15, -0.1) is 0 Å². The van der Waals surface area contributed by atoms with Gasteiger partial charge in [0.05, 0.1) is 12.0 Å². The first-order valence-electron chi connectivity index (χ1n) is 12.3. The van der Waals surface area contributed by atoms with Gasteiger partial charge in [0.25, 0.3) is 5.91 Å². The Hall–Kier alpha value is -3.93. The van der Waals surface area contributed by atoms with Crippen LogP contribution in [0.5, 0.6) is 0 Å². The molecule has 0 aromatic heterocycles. The fourth-order valence-corrected chi connectivity index (χ4v) is 4.61. The lowest BCUT2D eigenvalue weighted by atomic mass is 9.83. The Kier molecular flexibility index (Phi) is 7.53. The Morgan fingerprint density at radius 2 is 1.50 bits per heavy atom. The van der Waals surface area contributed by atoms with E-state index in [4.69, 9.17) is 0 Å². The summed E-state index contributed by atoms with van der Waals surface area (Å²) in [5.41, 5.74) is 2.78. The molecule has 3 aromatic carbocycles. The van der Waals surface area contributed by atoms with E-state index < -0.39 is 5.92 Å². The SMILES string of the molecule is CC(C)(C)NC(=O)c1ccc(NC(=O)C2CCC(=O)N(Cc3ccccc3)C2c2ccccc2)cc1. The maximum absolute atomic E-state index is 13.5. The molecule has 186 valence electrons. The second kappa shape index (κ2) is 10.8. The predicted octanol–water partition coefficient (Wildman–Crippen LogP) is 5.33. The molecule has 6 heteroatoms. The molecule has 1 aliphatic heterocycles. The Labute approximate surface area is 212 Å². The summed E-state index contributed by atoms with van der Waals surface area (Å²) in [6, 6.07) is 26.1. The summed E-state index contributed by atoms with van der Waals surface area (Å²) < 4.78 is 0. The number of carbonyl (C=O) groups excluding carboxylic acids is 3. The van der Waals surface area contributed by atoms with E-state index in [9.17, 15) is 14.4 Å². The number of likely N-dealkylation sites (tertiary alicyclic amines) is 1. The molecule has 1 saturated heterocycles. The van der Waals surface area contributed by atoms with Crippen molar-refractivity contribution in [2.75, 3.05) is 5.32 Å². The van der Waals surface area contributed by atoms with Crippen molar-refractivity contribution in [3.63, 3.8) is 0 Å². The summed E-state index contributed by atoms with van der Waals surface area (Å²) in [4.78, 5) is 40.9. The first-order valence-corrected chi connectivity index (χ1v) is 12.3. The van der Waals surface area contributed by atoms with Gasteiger partial charge in [0, 0.05) is 29.8 Å². The van der Waals surface area contributed by atoms with Crippen molar-refractivity contribution in [1.82, 2.24) is 10.2 Å². The average Bonchev–Trinajstić information content (AvgIpc) is 2.85. The quantitative estimate of drug-likeness (QED) is 0.497. The third-order valence-electron chi connectivity index (χ3n) is 6.28. The molecule has 0 spiro atoms. The summed E-state index contributed by atoms with van der Waals surface area (Å²) >= 11 is 0. The molecule has 2 N–H and O–H groups in total. The Bertz CT molecular complexity index is 1200. The van der Waals surface area contributed by atoms with Crippen molar-refractivity contribution in [2.45, 2.75) is 51.7 Å². The van der Waals surface area contributed by atoms with Gasteiger partial charge in [0.1, 0.15) is 0 Å². The van der Waals surface area contributed by atoms with Gasteiger partial charge >= 0.3 is 0 Å². The lowest BCUT2D eigenvalue weighted by Gasteiger charge is -2.41. The van der Waals surface area contributed by atoms with Crippen molar-refractivity contribution >= 4 is 23.4 Å². The van der Waals surface area contributed by atoms with Gasteiger partial charge in [0.2, 0.25) is 11.8 Å². The minimum atomic E-state index is -0.405. The van der Waals surface area contributed by atoms with Crippen molar-refractivity contribution < 1.29 is 14.4 Å². The van der Waals surface area contributed by atoms with E-state index in [-0.39, 0.29) is 29.3 Å². The molecule has 0 saturated carbocycles. The normalized spacial score (nSPS) is 18.0. The predicted molar refractivity (Wildman–Crippen MR) is 141 cm³/mol. The van der Waals surface area contributed by atoms with Crippen LogP contribution < -0.4 is 10.6 Å². The van der Waals surface area contributed by atoms with E-state index in [0.29, 0.717) is 30.6 Å². The average molecular weight is 484 g/mol. The molecule has 0 radical (unpaired) electrons. The maximum atomic E-state index is 13.5. The van der Waals surface area contributed by atoms with Crippen LogP contribution in [0.3, 0.4) is 0 Å². The largest absolute Gasteiger partial charge is 0.347 e. The monoisotopic (exact) mass is 483 g/mol. The minimum Gasteiger partial charge on any atom is -0.347 e. The number of nitrogens with zero attached hydrogens (tertiary/aromatic N) is 1. The lowest BCUT2D eigenvalue weighted by Crippen LogP contribution is -2.46. The van der Waals surface area contributed by atoms with E-state index in [1.165, 1.54) is 0 Å². The second-order valence-electron chi connectivity index (χ2n) is 10.3. The molecule has 1 aliphatic rings. The summed E-state index contributed by atoms with van der Waals surface area (Å²) in [5.74, 6) is -0.656. The Balaban J connectivity index is 1.55. The van der Waals surface area contributed by atoms with Crippen molar-refractivity contribution in [1.29, 1.82) is 0 Å². The smallest absolute Gasteiger partial charge is 0.251 e. The molecule has 1 fully saturated rings. The number of carbonyl (C=O) groups is 3. The molecule has 0 bridgehead atoms. The number of hydrogen-bond acceptors (Lipinski definition) is 3. The highest BCUT2D eigenvalue weighted by atomic mass is 16.2. The van der Waals surface area contributed by atoms with Crippen molar-refractivity contribution in [2.24, 2.45) is 5.92 Å². The van der Waals surface area contributed by atoms with E-state index in [1.807, 2.05) is 86.3 Å². The molecule has 2 atom stereocenters. The topological polar surface area (TPSA) is 78.5 Å². The van der Waals surface area contributed by atoms with Gasteiger partial charge in [-0.25, -0.2) is 0 Å². The number of nitrogens with one attached hydrogen (secondary N) is 2. The van der Waals surface area contributed by atoms with Crippen LogP contribution in [0.15, 0.2) is 84.9 Å². The van der Waals surface area contributed by atoms with Crippen molar-refractivity contribution in [3.05, 3.63) is 102 Å². The van der Waals surface area contributed by atoms with E-state index in [2.05, 4.69) is 10.6 Å². The van der Waals surface area contributed by atoms with E-state index in [1.54, 1.807) is 24.3 Å². The van der Waals surface area contributed by atoms with E-state index in [0.717, 1.165) is 11.1 Å². The van der Waals surface area contributed by atoms with Crippen LogP contribution in [0.2, 0.25) is 0 Å². The van der Waals surface area contributed by atoms with Crippen LogP contribution >= 0.6 is 0 Å². The third kappa shape index (κ3) is 6.19. The van der Waals surface area contributed by atoms with E-state index >= 15 is 0 Å². The zero-order chi connectivity index (χ0) is 25.7. The Morgan fingerprint density at radius 3 is 2.11 bits per heavy atom. The number of amides is 3. The van der Waals surface area contributed by atoms with Gasteiger partial charge in [-0.1, -0.05) is 60.7 Å². The first-order chi connectivity index (χ1) is 17.2. The molecule has 2 unspecified atom stereocenters. The number of rotatable bonds is 6. The fraction of sp³-hybridized carbons (Fsp3) is 0.300. The number of anilines is 1. The highest BCUT2D eigenvalue weighted by Crippen LogP contribution is 2.38. The van der Waals surface area contributed by atoms with Crippen LogP contribution in [0.4, 0.5) is 5.69 Å². The van der Waals surface area contributed by atoms with Crippen molar-refractivity contribution in [3.8, 4) is 0 Å². The molecule has 0 aliphatic carbocycles. The molecule has 3 aromatic rings. The highest BCUT2D eigenvalue weighted by Gasteiger charge is 2.40. The maximum Gasteiger partial charge on any atom is 0.251 e. The number of piperidine rings is 1. The van der Waals surface area contributed by atoms with Crippen LogP contribution in [-0.2, 0) is 16.1 Å². The standard InChI is InChI=1S/C30H33N3O3/c1-30(2,3)32-28(35)23-14-16-24(17-15-23)31-29(36)25-18-19-26(34)33(20-21-10-6-4-7-11-21)27(25)22-12-8-5-9-13-22/h4-17,25,27H,18-20H2,1-3H3,(H,31,36)(H,32,35). The summed E-state index contributed by atoms with van der Waals surface area (Å²) in [6.07, 6.45) is 0.793. The molecule has 6 nitrogen and oxygen atoms in total. The highest BCUT2D eigenvalue weighted by molar-refractivity contribution is 5.97. The molecule has 1 heterocycles. The third-order valence-corrected chi connectivity index (χ3v) is 6.28. The van der Waals surface area contributed by atoms with Gasteiger partial charge in [-0.3, -0.25) is 14.4 Å². The minimum absolute atomic E-state index is 0.0472. The summed E-state index contributed by atoms with van der Waals surface area (Å²) in [7, 11) is 0. The number of benzene rings is 3. The molecule has 3 amide bonds. The summed E-state index contributed by atoms with van der Waals surface area (Å²) in [5, 5.41) is 5.95. The second-order valence-corrected chi connectivity index (χ2v) is 10.3. The fourth-order valence-electron chi connectivity index (χ4n) is 4.61. The lowest BCUT2D eigenvalue weighted by molar-refractivity contribution is -0.142. The first kappa shape index (κ1) is 25.2. The van der Waals surface area contributed by atoms with Gasteiger partial charge < -0.3 is 15.5 Å². The zero-order valence-corrected chi connectivity index (χ0v) is 21.0. The van der Waals surface area contributed by atoms with Crippen LogP contribution in [-0.4, -0.2) is 28.2 Å². The van der Waals surface area contributed by atoms with Crippen LogP contribution in [0, 0.1) is 5.92 Å². The van der Waals surface area contributed by atoms with Gasteiger partial charge in [-0.05, 0) is 62.6 Å². The molecule has 4 rings (SSSR count). The summed E-state index contributed by atoms with van der Waals surface area (Å²) in [6.45, 7) is 6.23. The Morgan fingerprint density at radius 1 is 0.889 bits per heavy atom. The van der Waals surface area contributed by atoms with Gasteiger partial charge in [0.15, 0.2) is 0 Å². The zero-order valence-electron chi connectivity index (χ0n) is 21.0. The molecule has 36 heavy (non-hydrogen) atoms. The number of hydrogen-bond donors (Lipinski definition) is 2. The van der Waals surface area contributed by atoms with Gasteiger partial charge in [-0.2, -0.15) is 0 Å². The molecular formula is C30H33N3O3. The van der Waals surface area contributed by atoms with Crippen LogP contribution in [0.25, 0.3) is 0 Å². The molecular weight excluding hydrogens is 450 g/mol.